The van der Waals surface area contributed by atoms with Crippen LogP contribution in [-0.4, -0.2) is 9.48 Å². The van der Waals surface area contributed by atoms with Crippen molar-refractivity contribution >= 4 is 11.5 Å². The van der Waals surface area contributed by atoms with Crippen LogP contribution in [0.25, 0.3) is 0 Å². The number of aliphatic hydroxyl groups excluding tert-OH is 1. The van der Waals surface area contributed by atoms with Crippen LogP contribution in [0, 0.1) is 5.82 Å². The summed E-state index contributed by atoms with van der Waals surface area (Å²) in [6.07, 6.45) is 0.652. The van der Waals surface area contributed by atoms with E-state index in [0.717, 1.165) is 16.0 Å². The van der Waals surface area contributed by atoms with Gasteiger partial charge in [-0.25, -0.2) is 4.39 Å². The average Bonchev–Trinajstić information content (AvgIpc) is 2.89. The predicted octanol–water partition coefficient (Wildman–Crippen LogP) is 4.24. The van der Waals surface area contributed by atoms with E-state index < -0.39 is 0 Å². The molecule has 2 aromatic rings. The van der Waals surface area contributed by atoms with E-state index in [1.165, 1.54) is 11.5 Å². The van der Waals surface area contributed by atoms with E-state index in [0.29, 0.717) is 12.1 Å². The molecule has 0 aliphatic carbocycles. The van der Waals surface area contributed by atoms with Crippen LogP contribution >= 0.6 is 11.5 Å². The van der Waals surface area contributed by atoms with Gasteiger partial charge < -0.3 is 5.11 Å². The molecule has 2 rings (SSSR count). The first-order chi connectivity index (χ1) is 9.52. The monoisotopic (exact) mass is 293 g/mol. The molecule has 1 aromatic carbocycles. The molecule has 20 heavy (non-hydrogen) atoms. The van der Waals surface area contributed by atoms with Gasteiger partial charge >= 0.3 is 0 Å². The Morgan fingerprint density at radius 3 is 2.65 bits per heavy atom. The lowest BCUT2D eigenvalue weighted by molar-refractivity contribution is 0.278. The van der Waals surface area contributed by atoms with Crippen LogP contribution in [0.3, 0.4) is 0 Å². The van der Waals surface area contributed by atoms with Gasteiger partial charge in [0, 0.05) is 4.88 Å². The van der Waals surface area contributed by atoms with Gasteiger partial charge in [-0.2, -0.15) is 4.37 Å². The average molecular weight is 293 g/mol. The molecule has 0 spiro atoms. The predicted molar refractivity (Wildman–Crippen MR) is 80.6 cm³/mol. The van der Waals surface area contributed by atoms with Gasteiger partial charge in [0.05, 0.1) is 12.3 Å². The Balaban J connectivity index is 2.19. The van der Waals surface area contributed by atoms with E-state index >= 15 is 0 Å². The third-order valence-corrected chi connectivity index (χ3v) is 4.54. The summed E-state index contributed by atoms with van der Waals surface area (Å²) in [5, 5.41) is 9.05. The summed E-state index contributed by atoms with van der Waals surface area (Å²) < 4.78 is 18.6. The van der Waals surface area contributed by atoms with Gasteiger partial charge in [0.1, 0.15) is 5.82 Å². The van der Waals surface area contributed by atoms with Crippen molar-refractivity contribution in [2.24, 2.45) is 0 Å². The van der Waals surface area contributed by atoms with Crippen molar-refractivity contribution in [1.82, 2.24) is 4.37 Å². The SMILES string of the molecule is CC(C)c1cccc(CC(C)c2cc(CO)ns2)c1F. The Labute approximate surface area is 123 Å². The summed E-state index contributed by atoms with van der Waals surface area (Å²) in [6, 6.07) is 7.53. The molecule has 108 valence electrons. The van der Waals surface area contributed by atoms with Gasteiger partial charge in [0.25, 0.3) is 0 Å². The number of aromatic nitrogens is 1. The highest BCUT2D eigenvalue weighted by Crippen LogP contribution is 2.28. The molecule has 1 unspecified atom stereocenters. The third kappa shape index (κ3) is 3.25. The minimum atomic E-state index is -0.0822. The first-order valence-electron chi connectivity index (χ1n) is 6.86. The maximum Gasteiger partial charge on any atom is 0.129 e. The van der Waals surface area contributed by atoms with Crippen LogP contribution in [0.5, 0.6) is 0 Å². The Morgan fingerprint density at radius 2 is 2.05 bits per heavy atom. The highest BCUT2D eigenvalue weighted by Gasteiger charge is 2.16. The molecule has 0 amide bonds. The zero-order chi connectivity index (χ0) is 14.7. The minimum absolute atomic E-state index is 0.0413. The first kappa shape index (κ1) is 15.1. The van der Waals surface area contributed by atoms with Crippen molar-refractivity contribution in [3.05, 3.63) is 51.8 Å². The lowest BCUT2D eigenvalue weighted by atomic mass is 9.94. The lowest BCUT2D eigenvalue weighted by Gasteiger charge is -2.14. The molecule has 0 saturated heterocycles. The molecule has 0 radical (unpaired) electrons. The molecule has 1 heterocycles. The van der Waals surface area contributed by atoms with Crippen molar-refractivity contribution in [3.63, 3.8) is 0 Å². The largest absolute Gasteiger partial charge is 0.390 e. The maximum absolute atomic E-state index is 14.4. The highest BCUT2D eigenvalue weighted by molar-refractivity contribution is 7.05. The smallest absolute Gasteiger partial charge is 0.129 e. The summed E-state index contributed by atoms with van der Waals surface area (Å²) in [4.78, 5) is 1.09. The molecule has 1 N–H and O–H groups in total. The number of aliphatic hydroxyl groups is 1. The summed E-state index contributed by atoms with van der Waals surface area (Å²) in [7, 11) is 0. The van der Waals surface area contributed by atoms with Crippen molar-refractivity contribution in [1.29, 1.82) is 0 Å². The topological polar surface area (TPSA) is 33.1 Å². The van der Waals surface area contributed by atoms with Crippen molar-refractivity contribution in [3.8, 4) is 0 Å². The van der Waals surface area contributed by atoms with Gasteiger partial charge in [-0.15, -0.1) is 0 Å². The summed E-state index contributed by atoms with van der Waals surface area (Å²) >= 11 is 1.39. The third-order valence-electron chi connectivity index (χ3n) is 3.48. The van der Waals surface area contributed by atoms with Gasteiger partial charge in [-0.05, 0) is 47.0 Å². The number of rotatable bonds is 5. The van der Waals surface area contributed by atoms with Crippen LogP contribution in [0.15, 0.2) is 24.3 Å². The second-order valence-electron chi connectivity index (χ2n) is 5.46. The fourth-order valence-electron chi connectivity index (χ4n) is 2.27. The molecule has 0 saturated carbocycles. The van der Waals surface area contributed by atoms with E-state index in [9.17, 15) is 4.39 Å². The van der Waals surface area contributed by atoms with E-state index in [-0.39, 0.29) is 24.3 Å². The molecular weight excluding hydrogens is 273 g/mol. The first-order valence-corrected chi connectivity index (χ1v) is 7.64. The number of halogens is 1. The number of benzene rings is 1. The summed E-state index contributed by atoms with van der Waals surface area (Å²) in [5.74, 6) is 0.306. The fourth-order valence-corrected chi connectivity index (χ4v) is 3.05. The molecule has 1 atom stereocenters. The Morgan fingerprint density at radius 1 is 1.30 bits per heavy atom. The molecule has 0 aliphatic heterocycles. The number of nitrogens with zero attached hydrogens (tertiary/aromatic N) is 1. The molecule has 1 aromatic heterocycles. The fraction of sp³-hybridized carbons (Fsp3) is 0.438. The summed E-state index contributed by atoms with van der Waals surface area (Å²) in [5.41, 5.74) is 2.21. The molecule has 0 aliphatic rings. The minimum Gasteiger partial charge on any atom is -0.390 e. The van der Waals surface area contributed by atoms with Crippen LogP contribution < -0.4 is 0 Å². The van der Waals surface area contributed by atoms with Crippen LogP contribution in [0.4, 0.5) is 4.39 Å². The van der Waals surface area contributed by atoms with E-state index in [2.05, 4.69) is 11.3 Å². The van der Waals surface area contributed by atoms with Gasteiger partial charge in [0.15, 0.2) is 0 Å². The van der Waals surface area contributed by atoms with Crippen molar-refractivity contribution in [2.45, 2.75) is 45.6 Å². The molecule has 4 heteroatoms. The van der Waals surface area contributed by atoms with E-state index in [4.69, 9.17) is 5.11 Å². The normalized spacial score (nSPS) is 12.9. The summed E-state index contributed by atoms with van der Waals surface area (Å²) in [6.45, 7) is 6.03. The second kappa shape index (κ2) is 6.46. The molecular formula is C16H20FNOS. The Hall–Kier alpha value is -1.26. The number of hydrogen-bond acceptors (Lipinski definition) is 3. The zero-order valence-electron chi connectivity index (χ0n) is 12.1. The lowest BCUT2D eigenvalue weighted by Crippen LogP contribution is -2.03. The van der Waals surface area contributed by atoms with Crippen LogP contribution in [0.2, 0.25) is 0 Å². The van der Waals surface area contributed by atoms with Crippen molar-refractivity contribution < 1.29 is 9.50 Å². The maximum atomic E-state index is 14.4. The standard InChI is InChI=1S/C16H20FNOS/c1-10(2)14-6-4-5-12(16(14)17)7-11(3)15-8-13(9-19)18-20-15/h4-6,8,10-11,19H,7,9H2,1-3H3. The quantitative estimate of drug-likeness (QED) is 0.894. The molecule has 0 fully saturated rings. The van der Waals surface area contributed by atoms with Crippen LogP contribution in [-0.2, 0) is 13.0 Å². The second-order valence-corrected chi connectivity index (χ2v) is 6.30. The van der Waals surface area contributed by atoms with E-state index in [1.54, 1.807) is 0 Å². The van der Waals surface area contributed by atoms with Gasteiger partial charge in [-0.3, -0.25) is 0 Å². The highest BCUT2D eigenvalue weighted by atomic mass is 32.1. The Bertz CT molecular complexity index is 580. The van der Waals surface area contributed by atoms with Crippen LogP contribution in [0.1, 0.15) is 54.3 Å². The van der Waals surface area contributed by atoms with Gasteiger partial charge in [0.2, 0.25) is 0 Å². The Kier molecular flexibility index (Phi) is 4.89. The van der Waals surface area contributed by atoms with Gasteiger partial charge in [-0.1, -0.05) is 39.0 Å². The number of hydrogen-bond donors (Lipinski definition) is 1. The molecule has 2 nitrogen and oxygen atoms in total. The van der Waals surface area contributed by atoms with E-state index in [1.807, 2.05) is 38.1 Å². The zero-order valence-corrected chi connectivity index (χ0v) is 12.9. The van der Waals surface area contributed by atoms with Crippen molar-refractivity contribution in [2.75, 3.05) is 0 Å². The molecule has 0 bridgehead atoms.